The normalized spacial score (nSPS) is 9.47. The first-order valence-electron chi connectivity index (χ1n) is 5.06. The van der Waals surface area contributed by atoms with Gasteiger partial charge in [0.05, 0.1) is 17.0 Å². The second-order valence-electron chi connectivity index (χ2n) is 3.48. The Morgan fingerprint density at radius 2 is 2.18 bits per heavy atom. The Labute approximate surface area is 105 Å². The summed E-state index contributed by atoms with van der Waals surface area (Å²) < 4.78 is 5.59. The molecule has 0 fully saturated rings. The fourth-order valence-electron chi connectivity index (χ4n) is 1.35. The van der Waals surface area contributed by atoms with Gasteiger partial charge in [0.25, 0.3) is 0 Å². The largest absolute Gasteiger partial charge is 0.439 e. The molecule has 1 heterocycles. The SMILES string of the molecule is Cc1cccc(Oc2ccc(N=C=S)cn2)c1. The molecule has 0 amide bonds. The Morgan fingerprint density at radius 3 is 2.82 bits per heavy atom. The van der Waals surface area contributed by atoms with Gasteiger partial charge in [-0.2, -0.15) is 4.99 Å². The quantitative estimate of drug-likeness (QED) is 0.604. The molecule has 1 aromatic heterocycles. The van der Waals surface area contributed by atoms with Gasteiger partial charge in [-0.25, -0.2) is 4.98 Å². The maximum atomic E-state index is 5.59. The van der Waals surface area contributed by atoms with Crippen molar-refractivity contribution in [3.8, 4) is 11.6 Å². The number of pyridine rings is 1. The first kappa shape index (κ1) is 11.5. The summed E-state index contributed by atoms with van der Waals surface area (Å²) in [7, 11) is 0. The number of benzene rings is 1. The summed E-state index contributed by atoms with van der Waals surface area (Å²) in [5.41, 5.74) is 1.81. The van der Waals surface area contributed by atoms with E-state index in [0.29, 0.717) is 11.6 Å². The van der Waals surface area contributed by atoms with Crippen LogP contribution in [0.2, 0.25) is 0 Å². The lowest BCUT2D eigenvalue weighted by molar-refractivity contribution is 0.463. The van der Waals surface area contributed by atoms with Crippen LogP contribution in [-0.4, -0.2) is 10.1 Å². The number of hydrogen-bond donors (Lipinski definition) is 0. The average Bonchev–Trinajstić information content (AvgIpc) is 2.32. The fraction of sp³-hybridized carbons (Fsp3) is 0.0769. The lowest BCUT2D eigenvalue weighted by Crippen LogP contribution is -1.87. The first-order valence-corrected chi connectivity index (χ1v) is 5.47. The number of thiocarbonyl (C=S) groups is 1. The smallest absolute Gasteiger partial charge is 0.219 e. The summed E-state index contributed by atoms with van der Waals surface area (Å²) in [4.78, 5) is 7.94. The lowest BCUT2D eigenvalue weighted by Gasteiger charge is -2.04. The molecule has 0 aliphatic rings. The molecule has 0 saturated heterocycles. The van der Waals surface area contributed by atoms with Crippen LogP contribution < -0.4 is 4.74 Å². The maximum absolute atomic E-state index is 5.59. The van der Waals surface area contributed by atoms with E-state index in [1.807, 2.05) is 31.2 Å². The van der Waals surface area contributed by atoms with Crippen molar-refractivity contribution in [3.63, 3.8) is 0 Å². The van der Waals surface area contributed by atoms with Crippen molar-refractivity contribution in [2.24, 2.45) is 4.99 Å². The van der Waals surface area contributed by atoms with Gasteiger partial charge in [-0.15, -0.1) is 0 Å². The summed E-state index contributed by atoms with van der Waals surface area (Å²) in [5, 5.41) is 2.29. The van der Waals surface area contributed by atoms with Gasteiger partial charge in [-0.05, 0) is 42.9 Å². The molecule has 2 aromatic rings. The molecule has 17 heavy (non-hydrogen) atoms. The van der Waals surface area contributed by atoms with Crippen LogP contribution in [0.1, 0.15) is 5.56 Å². The topological polar surface area (TPSA) is 34.5 Å². The van der Waals surface area contributed by atoms with Crippen molar-refractivity contribution >= 4 is 23.1 Å². The van der Waals surface area contributed by atoms with Crippen molar-refractivity contribution in [3.05, 3.63) is 48.2 Å². The molecule has 0 bridgehead atoms. The van der Waals surface area contributed by atoms with Crippen molar-refractivity contribution in [1.29, 1.82) is 0 Å². The number of aryl methyl sites for hydroxylation is 1. The van der Waals surface area contributed by atoms with Gasteiger partial charge in [0.15, 0.2) is 0 Å². The van der Waals surface area contributed by atoms with E-state index < -0.39 is 0 Å². The van der Waals surface area contributed by atoms with Crippen molar-refractivity contribution < 1.29 is 4.74 Å². The van der Waals surface area contributed by atoms with Gasteiger partial charge in [0.1, 0.15) is 5.75 Å². The van der Waals surface area contributed by atoms with Crippen molar-refractivity contribution in [2.45, 2.75) is 6.92 Å². The molecule has 0 unspecified atom stereocenters. The molecule has 0 spiro atoms. The molecule has 0 N–H and O–H groups in total. The van der Waals surface area contributed by atoms with Crippen LogP contribution >= 0.6 is 12.2 Å². The molecule has 0 radical (unpaired) electrons. The third kappa shape index (κ3) is 3.21. The number of hydrogen-bond acceptors (Lipinski definition) is 4. The van der Waals surface area contributed by atoms with E-state index >= 15 is 0 Å². The van der Waals surface area contributed by atoms with Crippen LogP contribution in [0.3, 0.4) is 0 Å². The number of ether oxygens (including phenoxy) is 1. The highest BCUT2D eigenvalue weighted by Crippen LogP contribution is 2.21. The second-order valence-corrected chi connectivity index (χ2v) is 3.66. The van der Waals surface area contributed by atoms with Gasteiger partial charge in [0.2, 0.25) is 5.88 Å². The first-order chi connectivity index (χ1) is 8.28. The summed E-state index contributed by atoms with van der Waals surface area (Å²) >= 11 is 4.51. The van der Waals surface area contributed by atoms with Crippen LogP contribution in [0.5, 0.6) is 11.6 Å². The molecule has 2 rings (SSSR count). The minimum absolute atomic E-state index is 0.527. The van der Waals surface area contributed by atoms with Gasteiger partial charge in [-0.1, -0.05) is 12.1 Å². The van der Waals surface area contributed by atoms with Crippen molar-refractivity contribution in [1.82, 2.24) is 4.98 Å². The summed E-state index contributed by atoms with van der Waals surface area (Å²) in [6.45, 7) is 2.01. The number of nitrogens with zero attached hydrogens (tertiary/aromatic N) is 2. The summed E-state index contributed by atoms with van der Waals surface area (Å²) in [6, 6.07) is 11.3. The van der Waals surface area contributed by atoms with Crippen LogP contribution in [0, 0.1) is 6.92 Å². The summed E-state index contributed by atoms with van der Waals surface area (Å²) in [5.74, 6) is 1.29. The number of aromatic nitrogens is 1. The molecule has 0 aliphatic heterocycles. The Hall–Kier alpha value is -2.03. The van der Waals surface area contributed by atoms with E-state index in [4.69, 9.17) is 4.74 Å². The van der Waals surface area contributed by atoms with E-state index in [1.54, 1.807) is 18.3 Å². The molecule has 3 nitrogen and oxygen atoms in total. The lowest BCUT2D eigenvalue weighted by atomic mass is 10.2. The molecular formula is C13H10N2OS. The van der Waals surface area contributed by atoms with Gasteiger partial charge in [0, 0.05) is 6.07 Å². The molecule has 84 valence electrons. The second kappa shape index (κ2) is 5.34. The van der Waals surface area contributed by atoms with E-state index in [0.717, 1.165) is 11.3 Å². The van der Waals surface area contributed by atoms with E-state index in [-0.39, 0.29) is 0 Å². The zero-order valence-electron chi connectivity index (χ0n) is 9.25. The minimum Gasteiger partial charge on any atom is -0.439 e. The maximum Gasteiger partial charge on any atom is 0.219 e. The third-order valence-corrected chi connectivity index (χ3v) is 2.20. The highest BCUT2D eigenvalue weighted by atomic mass is 32.1. The fourth-order valence-corrected chi connectivity index (χ4v) is 1.46. The van der Waals surface area contributed by atoms with Crippen LogP contribution in [-0.2, 0) is 0 Å². The molecule has 1 aromatic carbocycles. The van der Waals surface area contributed by atoms with Crippen LogP contribution in [0.4, 0.5) is 5.69 Å². The highest BCUT2D eigenvalue weighted by molar-refractivity contribution is 7.78. The predicted molar refractivity (Wildman–Crippen MR) is 70.2 cm³/mol. The standard InChI is InChI=1S/C13H10N2OS/c1-10-3-2-4-12(7-10)16-13-6-5-11(8-14-13)15-9-17/h2-8H,1H3. The number of isothiocyanates is 1. The predicted octanol–water partition coefficient (Wildman–Crippen LogP) is 3.92. The highest BCUT2D eigenvalue weighted by Gasteiger charge is 1.98. The van der Waals surface area contributed by atoms with Crippen LogP contribution in [0.25, 0.3) is 0 Å². The Morgan fingerprint density at radius 1 is 1.29 bits per heavy atom. The zero-order valence-corrected chi connectivity index (χ0v) is 10.1. The van der Waals surface area contributed by atoms with Gasteiger partial charge in [-0.3, -0.25) is 0 Å². The number of aliphatic imine (C=N–C) groups is 1. The monoisotopic (exact) mass is 242 g/mol. The Kier molecular flexibility index (Phi) is 3.60. The average molecular weight is 242 g/mol. The van der Waals surface area contributed by atoms with E-state index in [9.17, 15) is 0 Å². The Bertz CT molecular complexity index is 560. The minimum atomic E-state index is 0.527. The zero-order chi connectivity index (χ0) is 12.1. The molecular weight excluding hydrogens is 232 g/mol. The molecule has 4 heteroatoms. The molecule has 0 saturated carbocycles. The van der Waals surface area contributed by atoms with E-state index in [1.165, 1.54) is 0 Å². The van der Waals surface area contributed by atoms with Crippen molar-refractivity contribution in [2.75, 3.05) is 0 Å². The third-order valence-electron chi connectivity index (χ3n) is 2.11. The van der Waals surface area contributed by atoms with E-state index in [2.05, 4.69) is 27.4 Å². The molecule has 0 atom stereocenters. The van der Waals surface area contributed by atoms with Gasteiger partial charge < -0.3 is 4.74 Å². The Balaban J connectivity index is 2.16. The van der Waals surface area contributed by atoms with Gasteiger partial charge >= 0.3 is 0 Å². The number of rotatable bonds is 3. The van der Waals surface area contributed by atoms with Crippen LogP contribution in [0.15, 0.2) is 47.6 Å². The molecule has 0 aliphatic carbocycles. The summed E-state index contributed by atoms with van der Waals surface area (Å²) in [6.07, 6.45) is 1.59.